The quantitative estimate of drug-likeness (QED) is 0.208. The highest BCUT2D eigenvalue weighted by Crippen LogP contribution is 2.38. The summed E-state index contributed by atoms with van der Waals surface area (Å²) in [6.07, 6.45) is 6.66. The number of thiophene rings is 1. The maximum atomic E-state index is 12.5. The van der Waals surface area contributed by atoms with Gasteiger partial charge in [0, 0.05) is 4.88 Å². The molecule has 0 saturated heterocycles. The number of nitrogens with one attached hydrogen (secondary N) is 2. The minimum Gasteiger partial charge on any atom is -0.490 e. The van der Waals surface area contributed by atoms with Gasteiger partial charge in [-0.2, -0.15) is 5.10 Å². The zero-order chi connectivity index (χ0) is 22.9. The minimum absolute atomic E-state index is 0.230. The van der Waals surface area contributed by atoms with Crippen LogP contribution in [0.4, 0.5) is 5.00 Å². The van der Waals surface area contributed by atoms with Gasteiger partial charge >= 0.3 is 17.8 Å². The average Bonchev–Trinajstić information content (AvgIpc) is 3.16. The number of hydrogen-bond acceptors (Lipinski definition) is 7. The first-order chi connectivity index (χ1) is 15.5. The number of hydrazone groups is 1. The summed E-state index contributed by atoms with van der Waals surface area (Å²) >= 11 is 1.32. The lowest BCUT2D eigenvalue weighted by molar-refractivity contribution is -0.136. The molecular weight excluding hydrogens is 430 g/mol. The Kier molecular flexibility index (Phi) is 8.15. The Morgan fingerprint density at radius 2 is 1.91 bits per heavy atom. The Hall–Kier alpha value is -3.46. The lowest BCUT2D eigenvalue weighted by atomic mass is 9.95. The van der Waals surface area contributed by atoms with Crippen LogP contribution < -0.4 is 15.5 Å². The molecule has 0 fully saturated rings. The van der Waals surface area contributed by atoms with Crippen molar-refractivity contribution >= 4 is 40.3 Å². The molecule has 0 bridgehead atoms. The standard InChI is InChI=1S/C23H25N3O5S/c1-3-13-31-16-11-9-15(10-12-16)14-24-26-21(28)20(27)25-22-19(23(29)30-4-2)17-7-5-6-8-18(17)32-22/h3,9-12,14H,1,4-8,13H2,2H3,(H,25,27)(H,26,28). The molecule has 8 nitrogen and oxygen atoms in total. The maximum absolute atomic E-state index is 12.5. The largest absolute Gasteiger partial charge is 0.490 e. The van der Waals surface area contributed by atoms with Crippen LogP contribution in [0.2, 0.25) is 0 Å². The van der Waals surface area contributed by atoms with Gasteiger partial charge in [-0.15, -0.1) is 11.3 Å². The third-order valence-corrected chi connectivity index (χ3v) is 5.92. The summed E-state index contributed by atoms with van der Waals surface area (Å²) < 4.78 is 10.6. The minimum atomic E-state index is -0.937. The van der Waals surface area contributed by atoms with E-state index in [-0.39, 0.29) is 6.61 Å². The first-order valence-electron chi connectivity index (χ1n) is 10.3. The summed E-state index contributed by atoms with van der Waals surface area (Å²) in [5, 5.41) is 6.71. The molecule has 2 amide bonds. The fourth-order valence-corrected chi connectivity index (χ4v) is 4.53. The van der Waals surface area contributed by atoms with Crippen molar-refractivity contribution in [1.82, 2.24) is 5.43 Å². The van der Waals surface area contributed by atoms with E-state index in [9.17, 15) is 14.4 Å². The van der Waals surface area contributed by atoms with Gasteiger partial charge in [0.2, 0.25) is 0 Å². The van der Waals surface area contributed by atoms with Gasteiger partial charge in [-0.3, -0.25) is 9.59 Å². The average molecular weight is 456 g/mol. The van der Waals surface area contributed by atoms with E-state index in [0.29, 0.717) is 28.5 Å². The molecule has 1 aromatic carbocycles. The van der Waals surface area contributed by atoms with E-state index in [0.717, 1.165) is 36.1 Å². The smallest absolute Gasteiger partial charge is 0.341 e. The molecule has 0 atom stereocenters. The Morgan fingerprint density at radius 1 is 1.16 bits per heavy atom. The topological polar surface area (TPSA) is 106 Å². The van der Waals surface area contributed by atoms with Gasteiger partial charge in [-0.05, 0) is 68.0 Å². The molecule has 2 N–H and O–H groups in total. The maximum Gasteiger partial charge on any atom is 0.341 e. The van der Waals surface area contributed by atoms with Gasteiger partial charge in [0.15, 0.2) is 0 Å². The molecular formula is C23H25N3O5S. The van der Waals surface area contributed by atoms with Crippen LogP contribution in [0.5, 0.6) is 5.75 Å². The molecule has 1 aliphatic carbocycles. The molecule has 0 saturated carbocycles. The normalized spacial score (nSPS) is 12.7. The summed E-state index contributed by atoms with van der Waals surface area (Å²) in [4.78, 5) is 38.1. The van der Waals surface area contributed by atoms with Crippen LogP contribution in [0, 0.1) is 0 Å². The molecule has 0 spiro atoms. The molecule has 0 aliphatic heterocycles. The van der Waals surface area contributed by atoms with Gasteiger partial charge in [0.1, 0.15) is 17.4 Å². The van der Waals surface area contributed by atoms with E-state index >= 15 is 0 Å². The molecule has 1 aromatic heterocycles. The van der Waals surface area contributed by atoms with E-state index in [2.05, 4.69) is 22.4 Å². The summed E-state index contributed by atoms with van der Waals surface area (Å²) in [6, 6.07) is 7.04. The van der Waals surface area contributed by atoms with E-state index in [1.807, 2.05) is 0 Å². The third-order valence-electron chi connectivity index (χ3n) is 4.71. The number of aryl methyl sites for hydroxylation is 1. The second-order valence-corrected chi connectivity index (χ2v) is 8.06. The van der Waals surface area contributed by atoms with E-state index in [1.165, 1.54) is 17.6 Å². The number of benzene rings is 1. The van der Waals surface area contributed by atoms with Crippen molar-refractivity contribution < 1.29 is 23.9 Å². The number of hydrogen-bond donors (Lipinski definition) is 2. The number of ether oxygens (including phenoxy) is 2. The van der Waals surface area contributed by atoms with Crippen LogP contribution >= 0.6 is 11.3 Å². The zero-order valence-electron chi connectivity index (χ0n) is 17.8. The summed E-state index contributed by atoms with van der Waals surface area (Å²) in [6.45, 7) is 5.95. The number of nitrogens with zero attached hydrogens (tertiary/aromatic N) is 1. The van der Waals surface area contributed by atoms with Crippen molar-refractivity contribution in [2.24, 2.45) is 5.10 Å². The van der Waals surface area contributed by atoms with Gasteiger partial charge < -0.3 is 14.8 Å². The Balaban J connectivity index is 1.62. The van der Waals surface area contributed by atoms with E-state index < -0.39 is 17.8 Å². The molecule has 3 rings (SSSR count). The summed E-state index contributed by atoms with van der Waals surface area (Å²) in [7, 11) is 0. The Labute approximate surface area is 190 Å². The van der Waals surface area contributed by atoms with Gasteiger partial charge in [0.05, 0.1) is 18.4 Å². The monoisotopic (exact) mass is 455 g/mol. The molecule has 0 radical (unpaired) electrons. The van der Waals surface area contributed by atoms with Gasteiger partial charge in [-0.1, -0.05) is 12.7 Å². The Morgan fingerprint density at radius 3 is 2.62 bits per heavy atom. The molecule has 2 aromatic rings. The molecule has 1 aliphatic rings. The number of esters is 1. The lowest BCUT2D eigenvalue weighted by Gasteiger charge is -2.12. The number of carbonyl (C=O) groups is 3. The predicted molar refractivity (Wildman–Crippen MR) is 123 cm³/mol. The number of fused-ring (bicyclic) bond motifs is 1. The fraction of sp³-hybridized carbons (Fsp3) is 0.304. The zero-order valence-corrected chi connectivity index (χ0v) is 18.6. The molecule has 32 heavy (non-hydrogen) atoms. The van der Waals surface area contributed by atoms with Crippen LogP contribution in [0.15, 0.2) is 42.0 Å². The highest BCUT2D eigenvalue weighted by Gasteiger charge is 2.28. The molecule has 0 unspecified atom stereocenters. The second-order valence-electron chi connectivity index (χ2n) is 6.96. The summed E-state index contributed by atoms with van der Waals surface area (Å²) in [5.41, 5.74) is 4.18. The van der Waals surface area contributed by atoms with Gasteiger partial charge in [0.25, 0.3) is 0 Å². The van der Waals surface area contributed by atoms with Crippen LogP contribution in [-0.4, -0.2) is 37.2 Å². The van der Waals surface area contributed by atoms with Gasteiger partial charge in [-0.25, -0.2) is 10.2 Å². The fourth-order valence-electron chi connectivity index (χ4n) is 3.25. The molecule has 1 heterocycles. The van der Waals surface area contributed by atoms with Crippen molar-refractivity contribution in [2.45, 2.75) is 32.6 Å². The number of carbonyl (C=O) groups excluding carboxylic acids is 3. The SMILES string of the molecule is C=CCOc1ccc(C=NNC(=O)C(=O)Nc2sc3c(c2C(=O)OCC)CCCC3)cc1. The van der Waals surface area contributed by atoms with Crippen molar-refractivity contribution in [1.29, 1.82) is 0 Å². The Bertz CT molecular complexity index is 1030. The van der Waals surface area contributed by atoms with Crippen molar-refractivity contribution in [3.05, 3.63) is 58.5 Å². The van der Waals surface area contributed by atoms with Crippen molar-refractivity contribution in [3.63, 3.8) is 0 Å². The van der Waals surface area contributed by atoms with E-state index in [1.54, 1.807) is 37.3 Å². The number of rotatable bonds is 8. The lowest BCUT2D eigenvalue weighted by Crippen LogP contribution is -2.32. The second kappa shape index (κ2) is 11.2. The first kappa shape index (κ1) is 23.2. The number of anilines is 1. The number of amides is 2. The van der Waals surface area contributed by atoms with Crippen molar-refractivity contribution in [2.75, 3.05) is 18.5 Å². The van der Waals surface area contributed by atoms with Crippen LogP contribution in [0.25, 0.3) is 0 Å². The summed E-state index contributed by atoms with van der Waals surface area (Å²) in [5.74, 6) is -1.64. The third kappa shape index (κ3) is 5.82. The molecule has 9 heteroatoms. The first-order valence-corrected chi connectivity index (χ1v) is 11.1. The van der Waals surface area contributed by atoms with Crippen LogP contribution in [-0.2, 0) is 27.2 Å². The van der Waals surface area contributed by atoms with Crippen LogP contribution in [0.1, 0.15) is 46.1 Å². The highest BCUT2D eigenvalue weighted by molar-refractivity contribution is 7.17. The van der Waals surface area contributed by atoms with Crippen molar-refractivity contribution in [3.8, 4) is 5.75 Å². The van der Waals surface area contributed by atoms with Crippen LogP contribution in [0.3, 0.4) is 0 Å². The predicted octanol–water partition coefficient (Wildman–Crippen LogP) is 3.46. The van der Waals surface area contributed by atoms with E-state index in [4.69, 9.17) is 9.47 Å². The molecule has 168 valence electrons. The highest BCUT2D eigenvalue weighted by atomic mass is 32.1.